The summed E-state index contributed by atoms with van der Waals surface area (Å²) in [6, 6.07) is 5.57. The maximum atomic E-state index is 12.9. The lowest BCUT2D eigenvalue weighted by Crippen LogP contribution is -2.12. The van der Waals surface area contributed by atoms with Crippen LogP contribution in [0.4, 0.5) is 13.2 Å². The van der Waals surface area contributed by atoms with Crippen LogP contribution in [0.25, 0.3) is 10.9 Å². The van der Waals surface area contributed by atoms with E-state index < -0.39 is 11.7 Å². The van der Waals surface area contributed by atoms with Crippen LogP contribution in [-0.2, 0) is 13.2 Å². The first-order valence-corrected chi connectivity index (χ1v) is 5.23. The van der Waals surface area contributed by atoms with Gasteiger partial charge in [-0.05, 0) is 19.1 Å². The van der Waals surface area contributed by atoms with Crippen LogP contribution in [0, 0.1) is 0 Å². The fourth-order valence-electron chi connectivity index (χ4n) is 2.10. The first kappa shape index (κ1) is 12.0. The van der Waals surface area contributed by atoms with Gasteiger partial charge >= 0.3 is 6.18 Å². The van der Waals surface area contributed by atoms with Gasteiger partial charge in [-0.1, -0.05) is 12.1 Å². The maximum absolute atomic E-state index is 12.9. The van der Waals surface area contributed by atoms with Crippen molar-refractivity contribution < 1.29 is 13.2 Å². The van der Waals surface area contributed by atoms with Crippen LogP contribution in [0.5, 0.6) is 0 Å². The molecular formula is C12H13F3N2. The first-order chi connectivity index (χ1) is 7.82. The summed E-state index contributed by atoms with van der Waals surface area (Å²) in [6.45, 7) is 1.75. The lowest BCUT2D eigenvalue weighted by molar-refractivity contribution is -0.136. The largest absolute Gasteiger partial charge is 0.418 e. The van der Waals surface area contributed by atoms with E-state index in [-0.39, 0.29) is 11.6 Å². The van der Waals surface area contributed by atoms with E-state index in [1.165, 1.54) is 10.6 Å². The van der Waals surface area contributed by atoms with Crippen molar-refractivity contribution >= 4 is 10.9 Å². The number of halogens is 3. The first-order valence-electron chi connectivity index (χ1n) is 5.23. The highest BCUT2D eigenvalue weighted by Gasteiger charge is 2.33. The Morgan fingerprint density at radius 2 is 1.94 bits per heavy atom. The summed E-state index contributed by atoms with van der Waals surface area (Å²) in [5.74, 6) is 0. The van der Waals surface area contributed by atoms with Crippen molar-refractivity contribution in [1.82, 2.24) is 4.57 Å². The summed E-state index contributed by atoms with van der Waals surface area (Å²) >= 11 is 0. The van der Waals surface area contributed by atoms with Gasteiger partial charge in [0.2, 0.25) is 0 Å². The van der Waals surface area contributed by atoms with E-state index in [0.29, 0.717) is 11.1 Å². The Kier molecular flexibility index (Phi) is 2.66. The monoisotopic (exact) mass is 242 g/mol. The predicted molar refractivity (Wildman–Crippen MR) is 60.5 cm³/mol. The summed E-state index contributed by atoms with van der Waals surface area (Å²) in [6.07, 6.45) is -4.35. The highest BCUT2D eigenvalue weighted by atomic mass is 19.4. The number of aromatic nitrogens is 1. The number of alkyl halides is 3. The standard InChI is InChI=1S/C12H13F3N2/c1-7(16)10-6-8-4-3-5-9(12(13,14)15)11(8)17(10)2/h3-7H,16H2,1-2H3. The van der Waals surface area contributed by atoms with Crippen LogP contribution in [0.2, 0.25) is 0 Å². The van der Waals surface area contributed by atoms with E-state index in [4.69, 9.17) is 5.73 Å². The highest BCUT2D eigenvalue weighted by Crippen LogP contribution is 2.36. The molecule has 0 aliphatic heterocycles. The lowest BCUT2D eigenvalue weighted by atomic mass is 10.1. The van der Waals surface area contributed by atoms with Crippen molar-refractivity contribution in [2.75, 3.05) is 0 Å². The van der Waals surface area contributed by atoms with Crippen molar-refractivity contribution in [2.24, 2.45) is 12.8 Å². The van der Waals surface area contributed by atoms with E-state index in [1.54, 1.807) is 26.1 Å². The predicted octanol–water partition coefficient (Wildman–Crippen LogP) is 3.22. The molecule has 0 aliphatic rings. The summed E-state index contributed by atoms with van der Waals surface area (Å²) in [5.41, 5.74) is 5.99. The van der Waals surface area contributed by atoms with Gasteiger partial charge in [0.05, 0.1) is 11.1 Å². The van der Waals surface area contributed by atoms with Crippen LogP contribution in [0.15, 0.2) is 24.3 Å². The number of hydrogen-bond acceptors (Lipinski definition) is 1. The SMILES string of the molecule is CC(N)c1cc2cccc(C(F)(F)F)c2n1C. The minimum Gasteiger partial charge on any atom is -0.346 e. The molecule has 0 saturated heterocycles. The highest BCUT2D eigenvalue weighted by molar-refractivity contribution is 5.85. The van der Waals surface area contributed by atoms with Crippen molar-refractivity contribution in [3.05, 3.63) is 35.5 Å². The molecule has 1 aromatic carbocycles. The second-order valence-corrected chi connectivity index (χ2v) is 4.16. The minimum atomic E-state index is -4.35. The Balaban J connectivity index is 2.80. The van der Waals surface area contributed by atoms with Gasteiger partial charge in [-0.15, -0.1) is 0 Å². The van der Waals surface area contributed by atoms with Crippen LogP contribution < -0.4 is 5.73 Å². The van der Waals surface area contributed by atoms with Gasteiger partial charge in [-0.25, -0.2) is 0 Å². The molecule has 17 heavy (non-hydrogen) atoms. The summed E-state index contributed by atoms with van der Waals surface area (Å²) < 4.78 is 40.1. The van der Waals surface area contributed by atoms with Crippen LogP contribution >= 0.6 is 0 Å². The van der Waals surface area contributed by atoms with E-state index in [0.717, 1.165) is 6.07 Å². The molecule has 0 saturated carbocycles. The van der Waals surface area contributed by atoms with Crippen LogP contribution in [0.1, 0.15) is 24.2 Å². The molecule has 0 spiro atoms. The van der Waals surface area contributed by atoms with Gasteiger partial charge in [0.25, 0.3) is 0 Å². The molecule has 0 fully saturated rings. The third-order valence-electron chi connectivity index (χ3n) is 2.87. The fraction of sp³-hybridized carbons (Fsp3) is 0.333. The minimum absolute atomic E-state index is 0.187. The molecule has 2 nitrogen and oxygen atoms in total. The zero-order chi connectivity index (χ0) is 12.8. The molecule has 2 rings (SSSR count). The number of para-hydroxylation sites is 1. The Morgan fingerprint density at radius 1 is 1.29 bits per heavy atom. The summed E-state index contributed by atoms with van der Waals surface area (Å²) in [7, 11) is 1.61. The average Bonchev–Trinajstić information content (AvgIpc) is 2.55. The van der Waals surface area contributed by atoms with Gasteiger partial charge in [0, 0.05) is 24.2 Å². The molecule has 1 unspecified atom stereocenters. The van der Waals surface area contributed by atoms with Crippen LogP contribution in [0.3, 0.4) is 0 Å². The Bertz CT molecular complexity index is 553. The van der Waals surface area contributed by atoms with Crippen molar-refractivity contribution in [1.29, 1.82) is 0 Å². The Hall–Kier alpha value is -1.49. The van der Waals surface area contributed by atoms with Crippen molar-refractivity contribution in [2.45, 2.75) is 19.1 Å². The number of nitrogens with two attached hydrogens (primary N) is 1. The molecule has 1 atom stereocenters. The quantitative estimate of drug-likeness (QED) is 0.817. The smallest absolute Gasteiger partial charge is 0.346 e. The molecular weight excluding hydrogens is 229 g/mol. The third kappa shape index (κ3) is 1.91. The molecule has 0 radical (unpaired) electrons. The Morgan fingerprint density at radius 3 is 2.47 bits per heavy atom. The summed E-state index contributed by atoms with van der Waals surface area (Å²) in [5, 5.41) is 0.564. The van der Waals surface area contributed by atoms with E-state index in [9.17, 15) is 13.2 Å². The zero-order valence-corrected chi connectivity index (χ0v) is 9.55. The van der Waals surface area contributed by atoms with Gasteiger partial charge < -0.3 is 10.3 Å². The third-order valence-corrected chi connectivity index (χ3v) is 2.87. The number of aryl methyl sites for hydroxylation is 1. The Labute approximate surface area is 96.8 Å². The maximum Gasteiger partial charge on any atom is 0.418 e. The number of fused-ring (bicyclic) bond motifs is 1. The molecule has 1 heterocycles. The van der Waals surface area contributed by atoms with Gasteiger partial charge in [0.15, 0.2) is 0 Å². The fourth-order valence-corrected chi connectivity index (χ4v) is 2.10. The molecule has 0 amide bonds. The molecule has 2 N–H and O–H groups in total. The lowest BCUT2D eigenvalue weighted by Gasteiger charge is -2.12. The van der Waals surface area contributed by atoms with E-state index in [2.05, 4.69) is 0 Å². The second-order valence-electron chi connectivity index (χ2n) is 4.16. The zero-order valence-electron chi connectivity index (χ0n) is 9.55. The molecule has 92 valence electrons. The number of hydrogen-bond donors (Lipinski definition) is 1. The molecule has 5 heteroatoms. The summed E-state index contributed by atoms with van der Waals surface area (Å²) in [4.78, 5) is 0. The van der Waals surface area contributed by atoms with Crippen molar-refractivity contribution in [3.63, 3.8) is 0 Å². The number of rotatable bonds is 1. The molecule has 0 bridgehead atoms. The van der Waals surface area contributed by atoms with Gasteiger partial charge in [-0.2, -0.15) is 13.2 Å². The molecule has 2 aromatic rings. The van der Waals surface area contributed by atoms with E-state index in [1.807, 2.05) is 0 Å². The molecule has 0 aliphatic carbocycles. The van der Waals surface area contributed by atoms with Crippen LogP contribution in [-0.4, -0.2) is 4.57 Å². The van der Waals surface area contributed by atoms with E-state index >= 15 is 0 Å². The van der Waals surface area contributed by atoms with Gasteiger partial charge in [0.1, 0.15) is 0 Å². The molecule has 1 aromatic heterocycles. The average molecular weight is 242 g/mol. The van der Waals surface area contributed by atoms with Crippen molar-refractivity contribution in [3.8, 4) is 0 Å². The second kappa shape index (κ2) is 3.77. The number of benzene rings is 1. The topological polar surface area (TPSA) is 30.9 Å². The number of nitrogens with zero attached hydrogens (tertiary/aromatic N) is 1. The van der Waals surface area contributed by atoms with Gasteiger partial charge in [-0.3, -0.25) is 0 Å². The normalized spacial score (nSPS) is 14.2.